The molecule has 0 aliphatic rings. The second kappa shape index (κ2) is 8.52. The van der Waals surface area contributed by atoms with E-state index in [4.69, 9.17) is 0 Å². The summed E-state index contributed by atoms with van der Waals surface area (Å²) in [5, 5.41) is 5.17. The number of amides is 1. The molecule has 0 bridgehead atoms. The largest absolute Gasteiger partial charge is 0.342 e. The van der Waals surface area contributed by atoms with Crippen LogP contribution in [0.2, 0.25) is 0 Å². The number of nitrogens with one attached hydrogen (secondary N) is 1. The van der Waals surface area contributed by atoms with E-state index in [9.17, 15) is 9.18 Å². The average molecular weight is 385 g/mol. The number of carbonyl (C=O) groups excluding carboxylic acids is 1. The van der Waals surface area contributed by atoms with Crippen molar-refractivity contribution >= 4 is 23.0 Å². The first kappa shape index (κ1) is 18.6. The number of aromatic nitrogens is 1. The topological polar surface area (TPSA) is 46.4 Å². The summed E-state index contributed by atoms with van der Waals surface area (Å²) in [5.41, 5.74) is 6.49. The van der Waals surface area contributed by atoms with Gasteiger partial charge >= 0.3 is 0 Å². The van der Waals surface area contributed by atoms with Gasteiger partial charge in [0.15, 0.2) is 0 Å². The summed E-state index contributed by atoms with van der Waals surface area (Å²) in [6.07, 6.45) is 3.93. The van der Waals surface area contributed by atoms with Crippen LogP contribution in [-0.2, 0) is 17.8 Å². The molecule has 1 amide bonds. The van der Waals surface area contributed by atoms with Crippen molar-refractivity contribution in [2.75, 3.05) is 0 Å². The number of hydrogen-bond donors (Lipinski definition) is 1. The second-order valence-corrected chi connectivity index (χ2v) is 6.81. The molecule has 0 saturated carbocycles. The van der Waals surface area contributed by atoms with E-state index >= 15 is 0 Å². The normalized spacial score (nSPS) is 11.2. The van der Waals surface area contributed by atoms with E-state index < -0.39 is 0 Å². The van der Waals surface area contributed by atoms with Crippen LogP contribution in [0.3, 0.4) is 0 Å². The minimum absolute atomic E-state index is 0.164. The van der Waals surface area contributed by atoms with Gasteiger partial charge in [-0.2, -0.15) is 5.10 Å². The Balaban J connectivity index is 1.50. The molecular weight excluding hydrogens is 365 g/mol. The van der Waals surface area contributed by atoms with Gasteiger partial charge in [-0.1, -0.05) is 60.7 Å². The first-order chi connectivity index (χ1) is 14.2. The van der Waals surface area contributed by atoms with Gasteiger partial charge in [-0.3, -0.25) is 4.79 Å². The van der Waals surface area contributed by atoms with E-state index in [0.717, 1.165) is 27.6 Å². The Hall–Kier alpha value is -3.73. The predicted molar refractivity (Wildman–Crippen MR) is 113 cm³/mol. The number of hydrazone groups is 1. The zero-order valence-corrected chi connectivity index (χ0v) is 15.8. The molecule has 29 heavy (non-hydrogen) atoms. The molecule has 5 heteroatoms. The smallest absolute Gasteiger partial charge is 0.244 e. The fourth-order valence-corrected chi connectivity index (χ4v) is 3.29. The predicted octanol–water partition coefficient (Wildman–Crippen LogP) is 4.52. The number of carbonyl (C=O) groups is 1. The average Bonchev–Trinajstić information content (AvgIpc) is 3.08. The highest BCUT2D eigenvalue weighted by atomic mass is 19.1. The van der Waals surface area contributed by atoms with Gasteiger partial charge in [-0.05, 0) is 29.3 Å². The van der Waals surface area contributed by atoms with E-state index in [1.165, 1.54) is 12.1 Å². The van der Waals surface area contributed by atoms with Gasteiger partial charge in [0, 0.05) is 29.2 Å². The van der Waals surface area contributed by atoms with Crippen LogP contribution in [0.1, 0.15) is 16.7 Å². The van der Waals surface area contributed by atoms with Crippen LogP contribution < -0.4 is 5.43 Å². The Labute approximate surface area is 168 Å². The Morgan fingerprint density at radius 2 is 1.66 bits per heavy atom. The highest BCUT2D eigenvalue weighted by molar-refractivity contribution is 5.99. The summed E-state index contributed by atoms with van der Waals surface area (Å²) in [6, 6.07) is 24.0. The van der Waals surface area contributed by atoms with Crippen molar-refractivity contribution in [2.45, 2.75) is 13.0 Å². The number of rotatable bonds is 6. The molecule has 1 N–H and O–H groups in total. The van der Waals surface area contributed by atoms with Crippen LogP contribution in [0.15, 0.2) is 90.2 Å². The van der Waals surface area contributed by atoms with Crippen molar-refractivity contribution in [2.24, 2.45) is 5.10 Å². The molecule has 0 radical (unpaired) electrons. The molecule has 0 fully saturated rings. The highest BCUT2D eigenvalue weighted by Gasteiger charge is 2.08. The van der Waals surface area contributed by atoms with Crippen LogP contribution in [0.25, 0.3) is 10.9 Å². The highest BCUT2D eigenvalue weighted by Crippen LogP contribution is 2.21. The molecule has 0 aliphatic heterocycles. The van der Waals surface area contributed by atoms with E-state index in [1.54, 1.807) is 18.3 Å². The number of para-hydroxylation sites is 1. The van der Waals surface area contributed by atoms with Gasteiger partial charge in [-0.25, -0.2) is 9.82 Å². The maximum atomic E-state index is 13.2. The Kier molecular flexibility index (Phi) is 5.47. The van der Waals surface area contributed by atoms with Crippen molar-refractivity contribution < 1.29 is 9.18 Å². The lowest BCUT2D eigenvalue weighted by molar-refractivity contribution is -0.120. The molecule has 3 aromatic carbocycles. The number of benzene rings is 3. The fraction of sp³-hybridized carbons (Fsp3) is 0.0833. The SMILES string of the molecule is O=C(Cc1ccccc1)N/N=C/c1cn(Cc2ccc(F)cc2)c2ccccc12. The molecule has 4 aromatic rings. The van der Waals surface area contributed by atoms with Crippen LogP contribution in [-0.4, -0.2) is 16.7 Å². The van der Waals surface area contributed by atoms with Gasteiger partial charge in [0.25, 0.3) is 0 Å². The fourth-order valence-electron chi connectivity index (χ4n) is 3.29. The Morgan fingerprint density at radius 1 is 0.931 bits per heavy atom. The second-order valence-electron chi connectivity index (χ2n) is 6.81. The molecule has 0 unspecified atom stereocenters. The maximum Gasteiger partial charge on any atom is 0.244 e. The Morgan fingerprint density at radius 3 is 2.45 bits per heavy atom. The monoisotopic (exact) mass is 385 g/mol. The molecule has 144 valence electrons. The van der Waals surface area contributed by atoms with Crippen LogP contribution >= 0.6 is 0 Å². The summed E-state index contributed by atoms with van der Waals surface area (Å²) in [6.45, 7) is 0.620. The van der Waals surface area contributed by atoms with Gasteiger partial charge in [0.05, 0.1) is 12.6 Å². The molecule has 0 atom stereocenters. The zero-order valence-electron chi connectivity index (χ0n) is 15.8. The van der Waals surface area contributed by atoms with E-state index in [0.29, 0.717) is 6.54 Å². The van der Waals surface area contributed by atoms with E-state index in [2.05, 4.69) is 15.1 Å². The molecular formula is C24H20FN3O. The molecule has 0 aliphatic carbocycles. The summed E-state index contributed by atoms with van der Waals surface area (Å²) in [5.74, 6) is -0.410. The van der Waals surface area contributed by atoms with Crippen molar-refractivity contribution in [3.05, 3.63) is 108 Å². The van der Waals surface area contributed by atoms with Gasteiger partial charge in [-0.15, -0.1) is 0 Å². The van der Waals surface area contributed by atoms with Crippen molar-refractivity contribution in [3.63, 3.8) is 0 Å². The quantitative estimate of drug-likeness (QED) is 0.385. The van der Waals surface area contributed by atoms with Crippen LogP contribution in [0, 0.1) is 5.82 Å². The minimum atomic E-state index is -0.245. The summed E-state index contributed by atoms with van der Waals surface area (Å²) >= 11 is 0. The first-order valence-corrected chi connectivity index (χ1v) is 9.37. The number of nitrogens with zero attached hydrogens (tertiary/aromatic N) is 2. The lowest BCUT2D eigenvalue weighted by Gasteiger charge is -2.05. The third-order valence-electron chi connectivity index (χ3n) is 4.69. The first-order valence-electron chi connectivity index (χ1n) is 9.37. The van der Waals surface area contributed by atoms with Gasteiger partial charge in [0.2, 0.25) is 5.91 Å². The standard InChI is InChI=1S/C24H20FN3O/c25-21-12-10-19(11-13-21)16-28-17-20(22-8-4-5-9-23(22)28)15-26-27-24(29)14-18-6-2-1-3-7-18/h1-13,15,17H,14,16H2,(H,27,29)/b26-15+. The molecule has 1 aromatic heterocycles. The third-order valence-corrected chi connectivity index (χ3v) is 4.69. The van der Waals surface area contributed by atoms with Gasteiger partial charge < -0.3 is 4.57 Å². The van der Waals surface area contributed by atoms with E-state index in [-0.39, 0.29) is 18.1 Å². The van der Waals surface area contributed by atoms with Crippen molar-refractivity contribution in [1.29, 1.82) is 0 Å². The summed E-state index contributed by atoms with van der Waals surface area (Å²) in [7, 11) is 0. The molecule has 1 heterocycles. The van der Waals surface area contributed by atoms with Crippen molar-refractivity contribution in [1.82, 2.24) is 9.99 Å². The molecule has 0 spiro atoms. The summed E-state index contributed by atoms with van der Waals surface area (Å²) < 4.78 is 15.3. The third kappa shape index (κ3) is 4.58. The minimum Gasteiger partial charge on any atom is -0.342 e. The lowest BCUT2D eigenvalue weighted by atomic mass is 10.1. The molecule has 4 rings (SSSR count). The number of fused-ring (bicyclic) bond motifs is 1. The van der Waals surface area contributed by atoms with Crippen LogP contribution in [0.5, 0.6) is 0 Å². The van der Waals surface area contributed by atoms with E-state index in [1.807, 2.05) is 60.8 Å². The zero-order chi connectivity index (χ0) is 20.1. The maximum absolute atomic E-state index is 13.2. The van der Waals surface area contributed by atoms with Crippen molar-refractivity contribution in [3.8, 4) is 0 Å². The van der Waals surface area contributed by atoms with Gasteiger partial charge in [0.1, 0.15) is 5.82 Å². The number of halogens is 1. The lowest BCUT2D eigenvalue weighted by Crippen LogP contribution is -2.19. The van der Waals surface area contributed by atoms with Crippen LogP contribution in [0.4, 0.5) is 4.39 Å². The summed E-state index contributed by atoms with van der Waals surface area (Å²) in [4.78, 5) is 12.1. The number of hydrogen-bond acceptors (Lipinski definition) is 2. The molecule has 4 nitrogen and oxygen atoms in total. The Bertz CT molecular complexity index is 1150. The molecule has 0 saturated heterocycles.